The Balaban J connectivity index is 1.05. The third-order valence-corrected chi connectivity index (χ3v) is 9.10. The Morgan fingerprint density at radius 3 is 2.36 bits per heavy atom. The summed E-state index contributed by atoms with van der Waals surface area (Å²) in [6, 6.07) is 7.89. The zero-order valence-electron chi connectivity index (χ0n) is 18.9. The number of anilines is 2. The highest BCUT2D eigenvalue weighted by Gasteiger charge is 2.51. The maximum atomic E-state index is 12.6. The number of ether oxygens (including phenoxy) is 1. The Morgan fingerprint density at radius 1 is 1.09 bits per heavy atom. The summed E-state index contributed by atoms with van der Waals surface area (Å²) >= 11 is 1.44. The number of hydrogen-bond acceptors (Lipinski definition) is 6. The van der Waals surface area contributed by atoms with E-state index in [2.05, 4.69) is 15.5 Å². The maximum Gasteiger partial charge on any atom is 0.240 e. The summed E-state index contributed by atoms with van der Waals surface area (Å²) in [6.07, 6.45) is 7.79. The van der Waals surface area contributed by atoms with Crippen molar-refractivity contribution < 1.29 is 14.3 Å². The summed E-state index contributed by atoms with van der Waals surface area (Å²) in [5.41, 5.74) is 1.92. The van der Waals surface area contributed by atoms with Gasteiger partial charge in [0.15, 0.2) is 5.17 Å². The average Bonchev–Trinajstić information content (AvgIpc) is 3.11. The average molecular weight is 469 g/mol. The Labute approximate surface area is 199 Å². The molecule has 2 saturated heterocycles. The molecule has 1 atom stereocenters. The third-order valence-electron chi connectivity index (χ3n) is 8.02. The van der Waals surface area contributed by atoms with Gasteiger partial charge in [-0.05, 0) is 80.5 Å². The van der Waals surface area contributed by atoms with E-state index in [-0.39, 0.29) is 23.8 Å². The molecule has 2 aliphatic heterocycles. The monoisotopic (exact) mass is 468 g/mol. The van der Waals surface area contributed by atoms with Gasteiger partial charge in [-0.25, -0.2) is 0 Å². The van der Waals surface area contributed by atoms with Gasteiger partial charge in [-0.2, -0.15) is 0 Å². The molecular weight excluding hydrogens is 436 g/mol. The number of morpholine rings is 1. The topological polar surface area (TPSA) is 83.0 Å². The minimum Gasteiger partial charge on any atom is -0.378 e. The molecule has 4 bridgehead atoms. The quantitative estimate of drug-likeness (QED) is 0.692. The molecule has 0 radical (unpaired) electrons. The summed E-state index contributed by atoms with van der Waals surface area (Å²) < 4.78 is 5.40. The lowest BCUT2D eigenvalue weighted by Crippen LogP contribution is -2.50. The number of aliphatic imine (C=N–C) groups is 1. The van der Waals surface area contributed by atoms with E-state index in [9.17, 15) is 9.59 Å². The van der Waals surface area contributed by atoms with Crippen LogP contribution in [0.2, 0.25) is 0 Å². The van der Waals surface area contributed by atoms with E-state index in [0.717, 1.165) is 60.6 Å². The van der Waals surface area contributed by atoms with E-state index < -0.39 is 5.25 Å². The van der Waals surface area contributed by atoms with Crippen LogP contribution in [0.4, 0.5) is 11.4 Å². The minimum absolute atomic E-state index is 0.0315. The van der Waals surface area contributed by atoms with Crippen molar-refractivity contribution in [2.24, 2.45) is 22.7 Å². The third kappa shape index (κ3) is 4.52. The van der Waals surface area contributed by atoms with Gasteiger partial charge in [0.25, 0.3) is 0 Å². The molecule has 7 rings (SSSR count). The molecule has 2 amide bonds. The van der Waals surface area contributed by atoms with E-state index in [4.69, 9.17) is 9.73 Å². The molecule has 2 N–H and O–H groups in total. The normalized spacial score (nSPS) is 36.3. The van der Waals surface area contributed by atoms with E-state index in [0.29, 0.717) is 0 Å². The second-order valence-electron chi connectivity index (χ2n) is 10.6. The zero-order valence-corrected chi connectivity index (χ0v) is 19.7. The van der Waals surface area contributed by atoms with Gasteiger partial charge in [0, 0.05) is 30.9 Å². The predicted molar refractivity (Wildman–Crippen MR) is 131 cm³/mol. The lowest BCUT2D eigenvalue weighted by Gasteiger charge is -2.55. The summed E-state index contributed by atoms with van der Waals surface area (Å²) in [6.45, 7) is 3.25. The van der Waals surface area contributed by atoms with Gasteiger partial charge < -0.3 is 20.3 Å². The molecule has 4 aliphatic carbocycles. The lowest BCUT2D eigenvalue weighted by atomic mass is 9.53. The standard InChI is InChI=1S/C25H32N4O3S/c30-22(26-19-1-3-20(4-2-19)29-5-7-32-8-6-29)12-21-23(31)27-24(33-21)28-25-13-16-9-17(14-25)11-18(10-16)15-25/h1-4,16-18,21H,5-15H2,(H,26,30)(H,27,28,31). The van der Waals surface area contributed by atoms with Crippen LogP contribution in [0, 0.1) is 17.8 Å². The van der Waals surface area contributed by atoms with Crippen molar-refractivity contribution in [2.45, 2.75) is 55.7 Å². The van der Waals surface area contributed by atoms with Gasteiger partial charge in [0.1, 0.15) is 5.25 Å². The molecule has 33 heavy (non-hydrogen) atoms. The molecular formula is C25H32N4O3S. The highest BCUT2D eigenvalue weighted by Crippen LogP contribution is 2.57. The maximum absolute atomic E-state index is 12.6. The Kier molecular flexibility index (Phi) is 5.61. The first-order valence-corrected chi connectivity index (χ1v) is 13.2. The fraction of sp³-hybridized carbons (Fsp3) is 0.640. The first kappa shape index (κ1) is 21.5. The summed E-state index contributed by atoms with van der Waals surface area (Å²) in [5.74, 6) is 2.22. The van der Waals surface area contributed by atoms with Gasteiger partial charge in [-0.3, -0.25) is 14.6 Å². The molecule has 7 nitrogen and oxygen atoms in total. The highest BCUT2D eigenvalue weighted by atomic mass is 32.2. The van der Waals surface area contributed by atoms with Crippen LogP contribution in [-0.2, 0) is 14.3 Å². The largest absolute Gasteiger partial charge is 0.378 e. The zero-order chi connectivity index (χ0) is 22.4. The first-order chi connectivity index (χ1) is 16.0. The van der Waals surface area contributed by atoms with Crippen molar-refractivity contribution in [3.05, 3.63) is 24.3 Å². The molecule has 0 spiro atoms. The van der Waals surface area contributed by atoms with Crippen LogP contribution in [0.15, 0.2) is 29.3 Å². The van der Waals surface area contributed by atoms with Crippen molar-refractivity contribution in [1.29, 1.82) is 0 Å². The predicted octanol–water partition coefficient (Wildman–Crippen LogP) is 3.41. The summed E-state index contributed by atoms with van der Waals surface area (Å²) in [7, 11) is 0. The van der Waals surface area contributed by atoms with E-state index >= 15 is 0 Å². The SMILES string of the molecule is O=C(CC1SC(=NC23CC4CC(CC(C4)C2)C3)NC1=O)Nc1ccc(N2CCOCC2)cc1. The Morgan fingerprint density at radius 2 is 1.73 bits per heavy atom. The molecule has 6 fully saturated rings. The minimum atomic E-state index is -0.412. The van der Waals surface area contributed by atoms with Crippen molar-refractivity contribution in [3.8, 4) is 0 Å². The van der Waals surface area contributed by atoms with E-state index in [1.807, 2.05) is 24.3 Å². The Hall–Kier alpha value is -2.06. The summed E-state index contributed by atoms with van der Waals surface area (Å²) in [4.78, 5) is 32.6. The van der Waals surface area contributed by atoms with Crippen LogP contribution in [0.3, 0.4) is 0 Å². The van der Waals surface area contributed by atoms with Gasteiger partial charge in [-0.15, -0.1) is 0 Å². The van der Waals surface area contributed by atoms with Crippen LogP contribution in [0.1, 0.15) is 44.9 Å². The molecule has 4 saturated carbocycles. The number of nitrogens with zero attached hydrogens (tertiary/aromatic N) is 2. The number of hydrogen-bond donors (Lipinski definition) is 2. The molecule has 1 aromatic carbocycles. The number of thioether (sulfide) groups is 1. The number of carbonyl (C=O) groups is 2. The van der Waals surface area contributed by atoms with Crippen molar-refractivity contribution in [3.63, 3.8) is 0 Å². The summed E-state index contributed by atoms with van der Waals surface area (Å²) in [5, 5.41) is 6.24. The van der Waals surface area contributed by atoms with Crippen LogP contribution < -0.4 is 15.5 Å². The fourth-order valence-electron chi connectivity index (χ4n) is 6.97. The second-order valence-corrected chi connectivity index (χ2v) is 11.7. The van der Waals surface area contributed by atoms with Crippen molar-refractivity contribution in [2.75, 3.05) is 36.5 Å². The number of benzene rings is 1. The van der Waals surface area contributed by atoms with Crippen LogP contribution in [0.25, 0.3) is 0 Å². The number of amides is 2. The van der Waals surface area contributed by atoms with Crippen LogP contribution in [-0.4, -0.2) is 54.1 Å². The van der Waals surface area contributed by atoms with E-state index in [1.54, 1.807) is 0 Å². The first-order valence-electron chi connectivity index (χ1n) is 12.3. The smallest absolute Gasteiger partial charge is 0.240 e. The Bertz CT molecular complexity index is 922. The number of carbonyl (C=O) groups excluding carboxylic acids is 2. The number of nitrogens with one attached hydrogen (secondary N) is 2. The molecule has 6 aliphatic rings. The molecule has 1 unspecified atom stereocenters. The van der Waals surface area contributed by atoms with Crippen LogP contribution in [0.5, 0.6) is 0 Å². The van der Waals surface area contributed by atoms with Gasteiger partial charge in [0.2, 0.25) is 11.8 Å². The fourth-order valence-corrected chi connectivity index (χ4v) is 8.04. The molecule has 1 aromatic rings. The van der Waals surface area contributed by atoms with Gasteiger partial charge in [-0.1, -0.05) is 11.8 Å². The number of rotatable bonds is 5. The molecule has 8 heteroatoms. The highest BCUT2D eigenvalue weighted by molar-refractivity contribution is 8.15. The van der Waals surface area contributed by atoms with Crippen molar-refractivity contribution >= 4 is 40.1 Å². The second kappa shape index (κ2) is 8.62. The van der Waals surface area contributed by atoms with Crippen LogP contribution >= 0.6 is 11.8 Å². The van der Waals surface area contributed by atoms with Crippen molar-refractivity contribution in [1.82, 2.24) is 5.32 Å². The molecule has 0 aromatic heterocycles. The molecule has 2 heterocycles. The lowest BCUT2D eigenvalue weighted by molar-refractivity contribution is -0.122. The van der Waals surface area contributed by atoms with Gasteiger partial charge in [0.05, 0.1) is 18.8 Å². The van der Waals surface area contributed by atoms with Gasteiger partial charge >= 0.3 is 0 Å². The number of amidine groups is 1. The van der Waals surface area contributed by atoms with E-state index in [1.165, 1.54) is 50.3 Å². The molecule has 176 valence electrons.